The number of hydrogen-bond acceptors (Lipinski definition) is 5. The summed E-state index contributed by atoms with van der Waals surface area (Å²) in [5.41, 5.74) is 2.79. The number of fused-ring (bicyclic) bond motifs is 1. The number of nitrogens with zero attached hydrogens (tertiary/aromatic N) is 4. The predicted octanol–water partition coefficient (Wildman–Crippen LogP) is 2.53. The monoisotopic (exact) mass is 310 g/mol. The van der Waals surface area contributed by atoms with Gasteiger partial charge in [-0.25, -0.2) is 4.98 Å². The van der Waals surface area contributed by atoms with Crippen molar-refractivity contribution in [1.29, 1.82) is 0 Å². The lowest BCUT2D eigenvalue weighted by molar-refractivity contribution is -0.142. The van der Waals surface area contributed by atoms with E-state index in [0.717, 1.165) is 22.6 Å². The molecule has 0 aliphatic rings. The summed E-state index contributed by atoms with van der Waals surface area (Å²) in [7, 11) is 3.90. The summed E-state index contributed by atoms with van der Waals surface area (Å²) >= 11 is 0. The van der Waals surface area contributed by atoms with Gasteiger partial charge in [-0.15, -0.1) is 0 Å². The first-order valence-electron chi connectivity index (χ1n) is 7.28. The summed E-state index contributed by atoms with van der Waals surface area (Å²) in [6.07, 6.45) is 3.89. The second-order valence-corrected chi connectivity index (χ2v) is 5.49. The van der Waals surface area contributed by atoms with Crippen molar-refractivity contribution in [3.8, 4) is 11.3 Å². The number of ether oxygens (including phenoxy) is 1. The highest BCUT2D eigenvalue weighted by Gasteiger charge is 2.07. The van der Waals surface area contributed by atoms with E-state index in [9.17, 15) is 4.79 Å². The number of hydrogen-bond donors (Lipinski definition) is 0. The molecule has 0 aliphatic heterocycles. The van der Waals surface area contributed by atoms with Gasteiger partial charge < -0.3 is 9.64 Å². The van der Waals surface area contributed by atoms with Crippen LogP contribution in [0.15, 0.2) is 42.7 Å². The minimum absolute atomic E-state index is 0.280. The number of benzene rings is 1. The Kier molecular flexibility index (Phi) is 3.97. The maximum Gasteiger partial charge on any atom is 0.302 e. The van der Waals surface area contributed by atoms with E-state index < -0.39 is 0 Å². The first kappa shape index (κ1) is 15.0. The Balaban J connectivity index is 1.86. The van der Waals surface area contributed by atoms with Gasteiger partial charge in [-0.3, -0.25) is 9.20 Å². The minimum atomic E-state index is -0.280. The molecule has 2 heterocycles. The summed E-state index contributed by atoms with van der Waals surface area (Å²) in [6.45, 7) is 1.69. The van der Waals surface area contributed by atoms with E-state index >= 15 is 0 Å². The van der Waals surface area contributed by atoms with Crippen LogP contribution in [0.3, 0.4) is 0 Å². The fraction of sp³-hybridized carbons (Fsp3) is 0.235. The first-order valence-corrected chi connectivity index (χ1v) is 7.28. The van der Waals surface area contributed by atoms with E-state index in [1.165, 1.54) is 6.92 Å². The molecule has 0 unspecified atom stereocenters. The van der Waals surface area contributed by atoms with Crippen molar-refractivity contribution in [2.24, 2.45) is 0 Å². The van der Waals surface area contributed by atoms with Crippen molar-refractivity contribution in [2.75, 3.05) is 19.0 Å². The van der Waals surface area contributed by atoms with Crippen LogP contribution in [-0.2, 0) is 16.1 Å². The molecule has 0 bridgehead atoms. The lowest BCUT2D eigenvalue weighted by atomic mass is 10.1. The third-order valence-electron chi connectivity index (χ3n) is 3.46. The number of carbonyl (C=O) groups excluding carboxylic acids is 1. The van der Waals surface area contributed by atoms with Crippen molar-refractivity contribution in [1.82, 2.24) is 14.4 Å². The molecule has 0 fully saturated rings. The molecular formula is C17H18N4O2. The third kappa shape index (κ3) is 3.31. The molecule has 118 valence electrons. The average Bonchev–Trinajstić information content (AvgIpc) is 2.96. The molecule has 6 heteroatoms. The van der Waals surface area contributed by atoms with Crippen LogP contribution >= 0.6 is 0 Å². The van der Waals surface area contributed by atoms with Crippen LogP contribution in [0.2, 0.25) is 0 Å². The first-order chi connectivity index (χ1) is 11.0. The molecule has 2 aromatic heterocycles. The van der Waals surface area contributed by atoms with E-state index in [4.69, 9.17) is 4.74 Å². The van der Waals surface area contributed by atoms with Gasteiger partial charge in [0.2, 0.25) is 5.78 Å². The summed E-state index contributed by atoms with van der Waals surface area (Å²) in [5.74, 6) is 1.25. The molecule has 0 saturated carbocycles. The van der Waals surface area contributed by atoms with Crippen LogP contribution < -0.4 is 4.90 Å². The van der Waals surface area contributed by atoms with Crippen LogP contribution in [-0.4, -0.2) is 34.4 Å². The molecule has 1 aromatic carbocycles. The maximum absolute atomic E-state index is 10.8. The standard InChI is InChI=1S/C17H18N4O2/c1-12(22)23-11-13-4-6-14(7-5-13)15-10-21-9-8-16(20(2)3)19-17(21)18-15/h4-10H,11H2,1-3H3. The van der Waals surface area contributed by atoms with Crippen molar-refractivity contribution in [3.05, 3.63) is 48.3 Å². The Morgan fingerprint density at radius 2 is 1.91 bits per heavy atom. The topological polar surface area (TPSA) is 59.7 Å². The van der Waals surface area contributed by atoms with Gasteiger partial charge in [-0.1, -0.05) is 24.3 Å². The highest BCUT2D eigenvalue weighted by molar-refractivity contribution is 5.66. The highest BCUT2D eigenvalue weighted by Crippen LogP contribution is 2.20. The minimum Gasteiger partial charge on any atom is -0.461 e. The number of aromatic nitrogens is 3. The SMILES string of the molecule is CC(=O)OCc1ccc(-c2cn3ccc(N(C)C)nc3n2)cc1. The summed E-state index contributed by atoms with van der Waals surface area (Å²) in [5, 5.41) is 0. The van der Waals surface area contributed by atoms with Crippen molar-refractivity contribution < 1.29 is 9.53 Å². The van der Waals surface area contributed by atoms with E-state index in [2.05, 4.69) is 9.97 Å². The summed E-state index contributed by atoms with van der Waals surface area (Å²) in [6, 6.07) is 9.74. The van der Waals surface area contributed by atoms with Crippen LogP contribution in [0.25, 0.3) is 17.0 Å². The Morgan fingerprint density at radius 3 is 2.57 bits per heavy atom. The maximum atomic E-state index is 10.8. The molecule has 0 atom stereocenters. The largest absolute Gasteiger partial charge is 0.461 e. The molecular weight excluding hydrogens is 292 g/mol. The van der Waals surface area contributed by atoms with Crippen LogP contribution in [0.1, 0.15) is 12.5 Å². The normalized spacial score (nSPS) is 10.7. The fourth-order valence-electron chi connectivity index (χ4n) is 2.21. The van der Waals surface area contributed by atoms with Gasteiger partial charge in [0.05, 0.1) is 5.69 Å². The molecule has 3 rings (SSSR count). The van der Waals surface area contributed by atoms with Crippen molar-refractivity contribution in [3.63, 3.8) is 0 Å². The van der Waals surface area contributed by atoms with Crippen LogP contribution in [0, 0.1) is 0 Å². The molecule has 0 radical (unpaired) electrons. The zero-order chi connectivity index (χ0) is 16.4. The molecule has 3 aromatic rings. The second-order valence-electron chi connectivity index (χ2n) is 5.49. The second kappa shape index (κ2) is 6.08. The van der Waals surface area contributed by atoms with E-state index in [-0.39, 0.29) is 12.6 Å². The highest BCUT2D eigenvalue weighted by atomic mass is 16.5. The third-order valence-corrected chi connectivity index (χ3v) is 3.46. The van der Waals surface area contributed by atoms with Gasteiger partial charge in [0.15, 0.2) is 0 Å². The molecule has 0 amide bonds. The Bertz CT molecular complexity index is 837. The van der Waals surface area contributed by atoms with Crippen LogP contribution in [0.4, 0.5) is 5.82 Å². The zero-order valence-corrected chi connectivity index (χ0v) is 13.4. The lowest BCUT2D eigenvalue weighted by Crippen LogP contribution is -2.10. The zero-order valence-electron chi connectivity index (χ0n) is 13.4. The van der Waals surface area contributed by atoms with E-state index in [1.807, 2.05) is 66.1 Å². The molecule has 23 heavy (non-hydrogen) atoms. The summed E-state index contributed by atoms with van der Waals surface area (Å²) < 4.78 is 6.88. The molecule has 0 aliphatic carbocycles. The molecule has 0 saturated heterocycles. The lowest BCUT2D eigenvalue weighted by Gasteiger charge is -2.09. The number of esters is 1. The van der Waals surface area contributed by atoms with Gasteiger partial charge in [0.1, 0.15) is 12.4 Å². The van der Waals surface area contributed by atoms with E-state index in [0.29, 0.717) is 5.78 Å². The van der Waals surface area contributed by atoms with Gasteiger partial charge in [0, 0.05) is 39.0 Å². The van der Waals surface area contributed by atoms with Gasteiger partial charge in [-0.2, -0.15) is 4.98 Å². The van der Waals surface area contributed by atoms with Gasteiger partial charge in [-0.05, 0) is 11.6 Å². The van der Waals surface area contributed by atoms with Crippen LogP contribution in [0.5, 0.6) is 0 Å². The van der Waals surface area contributed by atoms with Gasteiger partial charge in [0.25, 0.3) is 0 Å². The smallest absolute Gasteiger partial charge is 0.302 e. The quantitative estimate of drug-likeness (QED) is 0.693. The number of anilines is 1. The summed E-state index contributed by atoms with van der Waals surface area (Å²) in [4.78, 5) is 21.9. The molecule has 6 nitrogen and oxygen atoms in total. The number of carbonyl (C=O) groups is 1. The predicted molar refractivity (Wildman–Crippen MR) is 88.2 cm³/mol. The molecule has 0 spiro atoms. The Labute approximate surface area is 134 Å². The number of imidazole rings is 1. The van der Waals surface area contributed by atoms with Crippen molar-refractivity contribution >= 4 is 17.6 Å². The fourth-order valence-corrected chi connectivity index (χ4v) is 2.21. The number of rotatable bonds is 4. The Morgan fingerprint density at radius 1 is 1.17 bits per heavy atom. The Hall–Kier alpha value is -2.89. The van der Waals surface area contributed by atoms with Gasteiger partial charge >= 0.3 is 5.97 Å². The van der Waals surface area contributed by atoms with E-state index in [1.54, 1.807) is 0 Å². The average molecular weight is 310 g/mol. The van der Waals surface area contributed by atoms with Crippen molar-refractivity contribution in [2.45, 2.75) is 13.5 Å². The molecule has 0 N–H and O–H groups in total.